The predicted octanol–water partition coefficient (Wildman–Crippen LogP) is 4.89. The van der Waals surface area contributed by atoms with Crippen LogP contribution in [0.1, 0.15) is 23.5 Å². The van der Waals surface area contributed by atoms with Crippen molar-refractivity contribution in [2.45, 2.75) is 24.8 Å². The first-order valence-corrected chi connectivity index (χ1v) is 12.9. The average Bonchev–Trinajstić information content (AvgIpc) is 3.16. The molecule has 1 amide bonds. The van der Waals surface area contributed by atoms with E-state index in [0.717, 1.165) is 55.2 Å². The van der Waals surface area contributed by atoms with Crippen molar-refractivity contribution in [3.8, 4) is 0 Å². The van der Waals surface area contributed by atoms with E-state index in [1.165, 1.54) is 27.7 Å². The highest BCUT2D eigenvalue weighted by Gasteiger charge is 2.43. The van der Waals surface area contributed by atoms with Gasteiger partial charge in [-0.2, -0.15) is 0 Å². The van der Waals surface area contributed by atoms with Crippen molar-refractivity contribution in [1.82, 2.24) is 14.8 Å². The van der Waals surface area contributed by atoms with E-state index in [-0.39, 0.29) is 5.92 Å². The molecule has 2 aromatic carbocycles. The van der Waals surface area contributed by atoms with Crippen molar-refractivity contribution in [2.75, 3.05) is 44.7 Å². The van der Waals surface area contributed by atoms with E-state index in [1.54, 1.807) is 0 Å². The van der Waals surface area contributed by atoms with Gasteiger partial charge in [0, 0.05) is 66.3 Å². The van der Waals surface area contributed by atoms with Gasteiger partial charge < -0.3 is 19.7 Å². The van der Waals surface area contributed by atoms with Crippen molar-refractivity contribution in [3.63, 3.8) is 0 Å². The summed E-state index contributed by atoms with van der Waals surface area (Å²) in [6.45, 7) is 4.12. The quantitative estimate of drug-likeness (QED) is 0.516. The van der Waals surface area contributed by atoms with E-state index < -0.39 is 0 Å². The van der Waals surface area contributed by atoms with Crippen LogP contribution >= 0.6 is 27.5 Å². The molecule has 0 saturated carbocycles. The van der Waals surface area contributed by atoms with E-state index in [1.807, 2.05) is 12.1 Å². The molecule has 2 saturated heterocycles. The summed E-state index contributed by atoms with van der Waals surface area (Å²) >= 11 is 9.78. The number of nitrogens with zero attached hydrogens (tertiary/aromatic N) is 3. The zero-order valence-corrected chi connectivity index (χ0v) is 21.1. The number of halogens is 2. The Labute approximate surface area is 207 Å². The van der Waals surface area contributed by atoms with Crippen molar-refractivity contribution < 1.29 is 4.79 Å². The molecule has 0 radical (unpaired) electrons. The Morgan fingerprint density at radius 1 is 1.09 bits per heavy atom. The summed E-state index contributed by atoms with van der Waals surface area (Å²) in [6, 6.07) is 15.0. The number of piperazine rings is 1. The molecule has 3 heterocycles. The second-order valence-corrected chi connectivity index (χ2v) is 11.0. The minimum absolute atomic E-state index is 0.0533. The number of likely N-dealkylation sites (tertiary alicyclic amines) is 1. The molecule has 1 aromatic heterocycles. The molecule has 172 valence electrons. The average molecular weight is 528 g/mol. The number of H-pyrrole nitrogens is 1. The lowest BCUT2D eigenvalue weighted by Crippen LogP contribution is -2.55. The van der Waals surface area contributed by atoms with Gasteiger partial charge in [0.25, 0.3) is 0 Å². The molecule has 1 aliphatic carbocycles. The molecule has 2 aliphatic heterocycles. The maximum atomic E-state index is 13.6. The summed E-state index contributed by atoms with van der Waals surface area (Å²) in [4.78, 5) is 24.0. The molecule has 0 unspecified atom stereocenters. The van der Waals surface area contributed by atoms with Crippen LogP contribution < -0.4 is 4.90 Å². The Morgan fingerprint density at radius 2 is 1.85 bits per heavy atom. The van der Waals surface area contributed by atoms with Gasteiger partial charge in [-0.1, -0.05) is 23.7 Å². The van der Waals surface area contributed by atoms with Crippen LogP contribution in [0.25, 0.3) is 10.9 Å². The summed E-state index contributed by atoms with van der Waals surface area (Å²) in [7, 11) is 2.20. The van der Waals surface area contributed by atoms with Crippen molar-refractivity contribution in [1.29, 1.82) is 0 Å². The highest BCUT2D eigenvalue weighted by atomic mass is 79.9. The lowest BCUT2D eigenvalue weighted by atomic mass is 9.72. The maximum absolute atomic E-state index is 13.6. The van der Waals surface area contributed by atoms with Crippen LogP contribution in [0.3, 0.4) is 0 Å². The van der Waals surface area contributed by atoms with Crippen molar-refractivity contribution in [2.24, 2.45) is 5.92 Å². The van der Waals surface area contributed by atoms with Gasteiger partial charge in [0.1, 0.15) is 0 Å². The van der Waals surface area contributed by atoms with E-state index in [0.29, 0.717) is 17.9 Å². The van der Waals surface area contributed by atoms with Gasteiger partial charge in [-0.15, -0.1) is 0 Å². The fraction of sp³-hybridized carbons (Fsp3) is 0.423. The zero-order valence-electron chi connectivity index (χ0n) is 18.7. The van der Waals surface area contributed by atoms with Gasteiger partial charge in [-0.25, -0.2) is 0 Å². The van der Waals surface area contributed by atoms with Gasteiger partial charge in [0.15, 0.2) is 0 Å². The number of aromatic nitrogens is 1. The first-order chi connectivity index (χ1) is 16.0. The number of benzene rings is 2. The summed E-state index contributed by atoms with van der Waals surface area (Å²) in [5.41, 5.74) is 5.16. The smallest absolute Gasteiger partial charge is 0.227 e. The standard InChI is InChI=1S/C26H28BrClN4O/c1-30-15-16(26(33)32-11-9-31(10-12-32)18-7-5-17(28)6-8-18)13-20-19-3-2-4-22-24(19)21(14-23(20)30)25(27)29-22/h2-8,16,20,23,29H,9-15H2,1H3/t16-,20-,23-/m1/s1. The van der Waals surface area contributed by atoms with E-state index in [2.05, 4.69) is 73.0 Å². The normalized spacial score (nSPS) is 25.4. The molecule has 0 spiro atoms. The number of hydrogen-bond acceptors (Lipinski definition) is 3. The van der Waals surface area contributed by atoms with E-state index >= 15 is 0 Å². The molecule has 1 N–H and O–H groups in total. The number of fused-ring (bicyclic) bond motifs is 2. The third kappa shape index (κ3) is 3.67. The summed E-state index contributed by atoms with van der Waals surface area (Å²) in [5.74, 6) is 0.772. The molecular formula is C26H28BrClN4O. The molecule has 5 nitrogen and oxygen atoms in total. The molecule has 3 aliphatic rings. The summed E-state index contributed by atoms with van der Waals surface area (Å²) < 4.78 is 1.11. The van der Waals surface area contributed by atoms with Crippen LogP contribution in [-0.4, -0.2) is 66.5 Å². The van der Waals surface area contributed by atoms with Crippen LogP contribution in [0.4, 0.5) is 5.69 Å². The first kappa shape index (κ1) is 21.5. The highest BCUT2D eigenvalue weighted by Crippen LogP contribution is 2.46. The number of carbonyl (C=O) groups is 1. The Kier molecular flexibility index (Phi) is 5.43. The van der Waals surface area contributed by atoms with Crippen LogP contribution in [0, 0.1) is 5.92 Å². The number of nitrogens with one attached hydrogen (secondary N) is 1. The Balaban J connectivity index is 1.19. The Hall–Kier alpha value is -2.02. The third-order valence-corrected chi connectivity index (χ3v) is 8.86. The Bertz CT molecular complexity index is 1200. The predicted molar refractivity (Wildman–Crippen MR) is 137 cm³/mol. The maximum Gasteiger partial charge on any atom is 0.227 e. The highest BCUT2D eigenvalue weighted by molar-refractivity contribution is 9.10. The number of carbonyl (C=O) groups excluding carboxylic acids is 1. The minimum atomic E-state index is 0.0533. The van der Waals surface area contributed by atoms with Crippen LogP contribution in [0.5, 0.6) is 0 Å². The molecule has 0 bridgehead atoms. The number of piperidine rings is 1. The van der Waals surface area contributed by atoms with Gasteiger partial charge in [0.05, 0.1) is 10.5 Å². The molecule has 3 aromatic rings. The number of amides is 1. The first-order valence-electron chi connectivity index (χ1n) is 11.8. The van der Waals surface area contributed by atoms with E-state index in [9.17, 15) is 4.79 Å². The second-order valence-electron chi connectivity index (χ2n) is 9.73. The van der Waals surface area contributed by atoms with Crippen molar-refractivity contribution in [3.05, 3.63) is 63.2 Å². The number of likely N-dealkylation sites (N-methyl/N-ethyl adjacent to an activating group) is 1. The summed E-state index contributed by atoms with van der Waals surface area (Å²) in [5, 5.41) is 2.12. The fourth-order valence-electron chi connectivity index (χ4n) is 6.26. The minimum Gasteiger partial charge on any atom is -0.368 e. The van der Waals surface area contributed by atoms with Crippen molar-refractivity contribution >= 4 is 50.0 Å². The zero-order chi connectivity index (χ0) is 22.7. The fourth-order valence-corrected chi connectivity index (χ4v) is 6.96. The van der Waals surface area contributed by atoms with Gasteiger partial charge in [-0.05, 0) is 77.3 Å². The van der Waals surface area contributed by atoms with Gasteiger partial charge >= 0.3 is 0 Å². The molecule has 2 fully saturated rings. The van der Waals surface area contributed by atoms with Crippen LogP contribution in [-0.2, 0) is 11.2 Å². The summed E-state index contributed by atoms with van der Waals surface area (Å²) in [6.07, 6.45) is 1.96. The number of hydrogen-bond donors (Lipinski definition) is 1. The molecule has 3 atom stereocenters. The lowest BCUT2D eigenvalue weighted by molar-refractivity contribution is -0.138. The lowest BCUT2D eigenvalue weighted by Gasteiger charge is -2.46. The van der Waals surface area contributed by atoms with Gasteiger partial charge in [0.2, 0.25) is 5.91 Å². The Morgan fingerprint density at radius 3 is 2.61 bits per heavy atom. The van der Waals surface area contributed by atoms with E-state index in [4.69, 9.17) is 11.6 Å². The third-order valence-electron chi connectivity index (χ3n) is 7.93. The second kappa shape index (κ2) is 8.33. The van der Waals surface area contributed by atoms with Crippen LogP contribution in [0.15, 0.2) is 47.1 Å². The molecular weight excluding hydrogens is 500 g/mol. The SMILES string of the molecule is CN1C[C@H](C(=O)N2CCN(c3ccc(Cl)cc3)CC2)C[C@@H]2c3cccc4[nH]c(Br)c(c34)C[C@H]21. The molecule has 33 heavy (non-hydrogen) atoms. The largest absolute Gasteiger partial charge is 0.368 e. The number of rotatable bonds is 2. The number of aromatic amines is 1. The number of anilines is 1. The topological polar surface area (TPSA) is 42.6 Å². The molecule has 6 rings (SSSR count). The van der Waals surface area contributed by atoms with Gasteiger partial charge in [-0.3, -0.25) is 4.79 Å². The molecule has 7 heteroatoms. The van der Waals surface area contributed by atoms with Crippen LogP contribution in [0.2, 0.25) is 5.02 Å². The monoisotopic (exact) mass is 526 g/mol.